The summed E-state index contributed by atoms with van der Waals surface area (Å²) in [7, 11) is 4.94. The van der Waals surface area contributed by atoms with Crippen LogP contribution in [0.25, 0.3) is 11.1 Å². The number of methoxy groups -OCH3 is 1. The Morgan fingerprint density at radius 1 is 1.06 bits per heavy atom. The first-order chi connectivity index (χ1) is 16.8. The van der Waals surface area contributed by atoms with Crippen molar-refractivity contribution >= 4 is 51.9 Å². The molecule has 3 aromatic heterocycles. The number of carbonyl (C=O) groups excluding carboxylic acids is 3. The van der Waals surface area contributed by atoms with Gasteiger partial charge in [-0.1, -0.05) is 11.6 Å². The number of fused-ring (bicyclic) bond motifs is 1. The molecule has 3 aromatic rings. The molecular weight excluding hydrogens is 474 g/mol. The minimum Gasteiger partial charge on any atom is -0.481 e. The molecule has 10 nitrogen and oxygen atoms in total. The van der Waals surface area contributed by atoms with Gasteiger partial charge in [0.05, 0.1) is 12.1 Å². The van der Waals surface area contributed by atoms with E-state index in [9.17, 15) is 14.4 Å². The van der Waals surface area contributed by atoms with Crippen molar-refractivity contribution in [2.75, 3.05) is 31.8 Å². The molecule has 1 aliphatic rings. The number of hydrogen-bond donors (Lipinski definition) is 2. The summed E-state index contributed by atoms with van der Waals surface area (Å²) < 4.78 is 11.0. The van der Waals surface area contributed by atoms with Gasteiger partial charge in [0.1, 0.15) is 17.0 Å². The number of ether oxygens (including phenoxy) is 1. The summed E-state index contributed by atoms with van der Waals surface area (Å²) in [4.78, 5) is 48.5. The number of amides is 3. The van der Waals surface area contributed by atoms with E-state index in [1.54, 1.807) is 43.3 Å². The maximum Gasteiger partial charge on any atom is 0.294 e. The van der Waals surface area contributed by atoms with Gasteiger partial charge >= 0.3 is 0 Å². The lowest BCUT2D eigenvalue weighted by atomic mass is 9.81. The molecule has 1 fully saturated rings. The average Bonchev–Trinajstić information content (AvgIpc) is 3.22. The van der Waals surface area contributed by atoms with Gasteiger partial charge in [-0.05, 0) is 43.9 Å². The molecule has 0 bridgehead atoms. The number of pyridine rings is 2. The van der Waals surface area contributed by atoms with Crippen LogP contribution < -0.4 is 15.4 Å². The second-order valence-corrected chi connectivity index (χ2v) is 9.03. The number of aromatic nitrogens is 2. The maximum absolute atomic E-state index is 13.2. The maximum atomic E-state index is 13.2. The van der Waals surface area contributed by atoms with Crippen LogP contribution in [0.4, 0.5) is 11.5 Å². The van der Waals surface area contributed by atoms with Crippen LogP contribution >= 0.6 is 11.6 Å². The molecule has 4 rings (SSSR count). The van der Waals surface area contributed by atoms with Crippen LogP contribution in [0.3, 0.4) is 0 Å². The molecule has 11 heteroatoms. The largest absolute Gasteiger partial charge is 0.481 e. The zero-order chi connectivity index (χ0) is 25.1. The zero-order valence-corrected chi connectivity index (χ0v) is 20.4. The van der Waals surface area contributed by atoms with Gasteiger partial charge in [0.2, 0.25) is 23.5 Å². The average molecular weight is 500 g/mol. The fraction of sp³-hybridized carbons (Fsp3) is 0.375. The van der Waals surface area contributed by atoms with Crippen molar-refractivity contribution in [2.24, 2.45) is 11.8 Å². The highest BCUT2D eigenvalue weighted by molar-refractivity contribution is 6.30. The van der Waals surface area contributed by atoms with E-state index in [0.29, 0.717) is 47.7 Å². The Morgan fingerprint density at radius 3 is 2.40 bits per heavy atom. The van der Waals surface area contributed by atoms with Gasteiger partial charge < -0.3 is 24.7 Å². The molecule has 35 heavy (non-hydrogen) atoms. The van der Waals surface area contributed by atoms with Crippen molar-refractivity contribution in [3.63, 3.8) is 0 Å². The number of halogens is 1. The van der Waals surface area contributed by atoms with E-state index in [1.807, 2.05) is 0 Å². The SMILES string of the molecule is COc1ccc2oc(C(=O)Nc3ccc(Cl)cn3)c(NC(=O)[C@H]3CC[C@H](C(=O)N(C)C)CC3)c2n1. The smallest absolute Gasteiger partial charge is 0.294 e. The topological polar surface area (TPSA) is 127 Å². The predicted octanol–water partition coefficient (Wildman–Crippen LogP) is 3.97. The second kappa shape index (κ2) is 10.3. The highest BCUT2D eigenvalue weighted by Crippen LogP contribution is 2.35. The van der Waals surface area contributed by atoms with Gasteiger partial charge in [-0.25, -0.2) is 9.97 Å². The number of anilines is 2. The molecule has 2 N–H and O–H groups in total. The van der Waals surface area contributed by atoms with Crippen LogP contribution in [-0.2, 0) is 9.59 Å². The lowest BCUT2D eigenvalue weighted by molar-refractivity contribution is -0.135. The summed E-state index contributed by atoms with van der Waals surface area (Å²) in [5, 5.41) is 5.92. The van der Waals surface area contributed by atoms with E-state index < -0.39 is 5.91 Å². The molecule has 0 spiro atoms. The van der Waals surface area contributed by atoms with Gasteiger partial charge in [-0.3, -0.25) is 14.4 Å². The van der Waals surface area contributed by atoms with Crippen molar-refractivity contribution in [2.45, 2.75) is 25.7 Å². The normalized spacial score (nSPS) is 17.6. The van der Waals surface area contributed by atoms with E-state index in [1.165, 1.54) is 13.3 Å². The Morgan fingerprint density at radius 2 is 1.77 bits per heavy atom. The van der Waals surface area contributed by atoms with Crippen molar-refractivity contribution in [3.8, 4) is 5.88 Å². The first kappa shape index (κ1) is 24.5. The first-order valence-electron chi connectivity index (χ1n) is 11.2. The molecular formula is C24H26ClN5O5. The third-order valence-electron chi connectivity index (χ3n) is 6.03. The van der Waals surface area contributed by atoms with E-state index in [0.717, 1.165) is 0 Å². The fourth-order valence-electron chi connectivity index (χ4n) is 4.16. The molecule has 3 heterocycles. The van der Waals surface area contributed by atoms with Crippen LogP contribution in [0.5, 0.6) is 5.88 Å². The summed E-state index contributed by atoms with van der Waals surface area (Å²) in [6, 6.07) is 6.36. The molecule has 184 valence electrons. The third-order valence-corrected chi connectivity index (χ3v) is 6.25. The molecule has 1 saturated carbocycles. The number of furan rings is 1. The summed E-state index contributed by atoms with van der Waals surface area (Å²) in [6.45, 7) is 0. The lowest BCUT2D eigenvalue weighted by Gasteiger charge is -2.28. The summed E-state index contributed by atoms with van der Waals surface area (Å²) in [5.41, 5.74) is 0.765. The third kappa shape index (κ3) is 5.37. The van der Waals surface area contributed by atoms with Crippen LogP contribution in [0, 0.1) is 11.8 Å². The Labute approximate surface area is 207 Å². The number of hydrogen-bond acceptors (Lipinski definition) is 7. The molecule has 0 aromatic carbocycles. The molecule has 1 aliphatic carbocycles. The van der Waals surface area contributed by atoms with E-state index in [2.05, 4.69) is 20.6 Å². The molecule has 3 amide bonds. The Kier molecular flexibility index (Phi) is 7.20. The van der Waals surface area contributed by atoms with Crippen LogP contribution in [0.15, 0.2) is 34.9 Å². The summed E-state index contributed by atoms with van der Waals surface area (Å²) >= 11 is 5.86. The number of nitrogens with zero attached hydrogens (tertiary/aromatic N) is 3. The van der Waals surface area contributed by atoms with E-state index >= 15 is 0 Å². The van der Waals surface area contributed by atoms with Crippen molar-refractivity contribution in [1.82, 2.24) is 14.9 Å². The molecule has 0 aliphatic heterocycles. The highest BCUT2D eigenvalue weighted by Gasteiger charge is 2.32. The van der Waals surface area contributed by atoms with Crippen LogP contribution in [-0.4, -0.2) is 53.8 Å². The first-order valence-corrected chi connectivity index (χ1v) is 11.6. The van der Waals surface area contributed by atoms with Gasteiger partial charge in [0.15, 0.2) is 5.58 Å². The fourth-order valence-corrected chi connectivity index (χ4v) is 4.28. The standard InChI is InChI=1S/C24H26ClN5O5/c1-30(2)24(33)14-6-4-13(5-7-14)22(31)29-20-19-16(9-11-18(28-19)34-3)35-21(20)23(32)27-17-10-8-15(25)12-26-17/h8-14H,4-7H2,1-3H3,(H,29,31)(H,26,27,32)/t13-,14-. The predicted molar refractivity (Wildman–Crippen MR) is 131 cm³/mol. The Balaban J connectivity index is 1.58. The lowest BCUT2D eigenvalue weighted by Crippen LogP contribution is -2.35. The van der Waals surface area contributed by atoms with Gasteiger partial charge in [-0.2, -0.15) is 0 Å². The molecule has 0 unspecified atom stereocenters. The molecule has 0 atom stereocenters. The minimum absolute atomic E-state index is 0.0794. The second-order valence-electron chi connectivity index (χ2n) is 8.59. The zero-order valence-electron chi connectivity index (χ0n) is 19.6. The Bertz CT molecular complexity index is 1250. The number of nitrogens with one attached hydrogen (secondary N) is 2. The van der Waals surface area contributed by atoms with E-state index in [-0.39, 0.29) is 40.9 Å². The van der Waals surface area contributed by atoms with E-state index in [4.69, 9.17) is 20.8 Å². The van der Waals surface area contributed by atoms with Gasteiger partial charge in [-0.15, -0.1) is 0 Å². The number of rotatable bonds is 6. The monoisotopic (exact) mass is 499 g/mol. The highest BCUT2D eigenvalue weighted by atomic mass is 35.5. The van der Waals surface area contributed by atoms with Crippen LogP contribution in [0.2, 0.25) is 5.02 Å². The van der Waals surface area contributed by atoms with Crippen LogP contribution in [0.1, 0.15) is 36.2 Å². The summed E-state index contributed by atoms with van der Waals surface area (Å²) in [5.74, 6) is -0.694. The summed E-state index contributed by atoms with van der Waals surface area (Å²) in [6.07, 6.45) is 3.80. The number of carbonyl (C=O) groups is 3. The Hall–Kier alpha value is -3.66. The van der Waals surface area contributed by atoms with Crippen molar-refractivity contribution in [3.05, 3.63) is 41.2 Å². The molecule has 0 saturated heterocycles. The van der Waals surface area contributed by atoms with Crippen molar-refractivity contribution < 1.29 is 23.5 Å². The minimum atomic E-state index is -0.604. The van der Waals surface area contributed by atoms with Crippen molar-refractivity contribution in [1.29, 1.82) is 0 Å². The van der Waals surface area contributed by atoms with Gasteiger partial charge in [0, 0.05) is 38.2 Å². The quantitative estimate of drug-likeness (QED) is 0.525. The van der Waals surface area contributed by atoms with Gasteiger partial charge in [0.25, 0.3) is 5.91 Å². The molecule has 0 radical (unpaired) electrons.